The Hall–Kier alpha value is -3.56. The van der Waals surface area contributed by atoms with E-state index in [0.29, 0.717) is 0 Å². The first-order valence-electron chi connectivity index (χ1n) is 7.40. The third-order valence-electron chi connectivity index (χ3n) is 3.26. The second-order valence-corrected chi connectivity index (χ2v) is 5.27. The highest BCUT2D eigenvalue weighted by molar-refractivity contribution is 5.79. The van der Waals surface area contributed by atoms with Crippen LogP contribution in [0.3, 0.4) is 0 Å². The number of hydrogen-bond donors (Lipinski definition) is 3. The zero-order valence-corrected chi connectivity index (χ0v) is 13.8. The molecule has 0 aliphatic carbocycles. The average molecular weight is 381 g/mol. The molecule has 6 nitrogen and oxygen atoms in total. The molecule has 27 heavy (non-hydrogen) atoms. The highest BCUT2D eigenvalue weighted by Crippen LogP contribution is 2.32. The van der Waals surface area contributed by atoms with Gasteiger partial charge in [0.05, 0.1) is 11.4 Å². The molecule has 0 unspecified atom stereocenters. The number of aromatic nitrogens is 2. The molecular formula is C17H15F4N5O. The Bertz CT molecular complexity index is 910. The lowest BCUT2D eigenvalue weighted by Gasteiger charge is -2.09. The highest BCUT2D eigenvalue weighted by atomic mass is 19.4. The monoisotopic (exact) mass is 381 g/mol. The highest BCUT2D eigenvalue weighted by Gasteiger charge is 2.35. The van der Waals surface area contributed by atoms with E-state index in [2.05, 4.69) is 17.0 Å². The predicted molar refractivity (Wildman–Crippen MR) is 91.7 cm³/mol. The molecule has 1 aromatic heterocycles. The standard InChI is InChI=1S/C17H15F4N5O/c1-10(24-16(23)27)8-11(6-7-22)14-9-15(17(19,20)21)25-26(14)13-4-2-12(18)3-5-13/h2-9H,1,22H2,(H3,23,24,27)/b7-6-,11-8+. The molecule has 0 saturated carbocycles. The predicted octanol–water partition coefficient (Wildman–Crippen LogP) is 3.07. The minimum absolute atomic E-state index is 0.0111. The maximum absolute atomic E-state index is 13.2. The lowest BCUT2D eigenvalue weighted by atomic mass is 10.1. The molecule has 0 fully saturated rings. The Balaban J connectivity index is 2.65. The zero-order valence-electron chi connectivity index (χ0n) is 13.8. The van der Waals surface area contributed by atoms with Gasteiger partial charge in [-0.15, -0.1) is 0 Å². The first-order valence-corrected chi connectivity index (χ1v) is 7.40. The van der Waals surface area contributed by atoms with E-state index in [1.165, 1.54) is 24.3 Å². The summed E-state index contributed by atoms with van der Waals surface area (Å²) >= 11 is 0. The largest absolute Gasteiger partial charge is 0.435 e. The van der Waals surface area contributed by atoms with E-state index in [9.17, 15) is 22.4 Å². The lowest BCUT2D eigenvalue weighted by molar-refractivity contribution is -0.141. The third-order valence-corrected chi connectivity index (χ3v) is 3.26. The summed E-state index contributed by atoms with van der Waals surface area (Å²) < 4.78 is 53.6. The van der Waals surface area contributed by atoms with E-state index in [-0.39, 0.29) is 22.7 Å². The number of nitrogens with zero attached hydrogens (tertiary/aromatic N) is 2. The molecule has 1 aromatic carbocycles. The summed E-state index contributed by atoms with van der Waals surface area (Å²) in [6.45, 7) is 3.55. The van der Waals surface area contributed by atoms with Gasteiger partial charge in [-0.25, -0.2) is 13.9 Å². The van der Waals surface area contributed by atoms with E-state index in [1.807, 2.05) is 0 Å². The fraction of sp³-hybridized carbons (Fsp3) is 0.0588. The van der Waals surface area contributed by atoms with Crippen LogP contribution in [0.25, 0.3) is 11.3 Å². The van der Waals surface area contributed by atoms with Gasteiger partial charge in [-0.2, -0.15) is 18.3 Å². The van der Waals surface area contributed by atoms with Crippen molar-refractivity contribution in [3.63, 3.8) is 0 Å². The van der Waals surface area contributed by atoms with Crippen LogP contribution in [0.2, 0.25) is 0 Å². The van der Waals surface area contributed by atoms with Crippen LogP contribution in [0.5, 0.6) is 0 Å². The van der Waals surface area contributed by atoms with Crippen molar-refractivity contribution >= 4 is 11.6 Å². The first-order chi connectivity index (χ1) is 12.6. The van der Waals surface area contributed by atoms with Crippen LogP contribution in [0, 0.1) is 5.82 Å². The van der Waals surface area contributed by atoms with E-state index >= 15 is 0 Å². The van der Waals surface area contributed by atoms with Gasteiger partial charge in [0.25, 0.3) is 0 Å². The number of hydrogen-bond acceptors (Lipinski definition) is 3. The Morgan fingerprint density at radius 3 is 2.41 bits per heavy atom. The molecule has 0 bridgehead atoms. The molecule has 0 saturated heterocycles. The number of halogens is 4. The number of carbonyl (C=O) groups excluding carboxylic acids is 1. The molecule has 0 aliphatic rings. The Kier molecular flexibility index (Phi) is 5.69. The number of allylic oxidation sites excluding steroid dienone is 3. The second kappa shape index (κ2) is 7.77. The van der Waals surface area contributed by atoms with Crippen molar-refractivity contribution < 1.29 is 22.4 Å². The number of nitrogens with one attached hydrogen (secondary N) is 1. The molecule has 142 valence electrons. The lowest BCUT2D eigenvalue weighted by Crippen LogP contribution is -2.27. The minimum Gasteiger partial charge on any atom is -0.405 e. The quantitative estimate of drug-likeness (QED) is 0.548. The Morgan fingerprint density at radius 1 is 1.26 bits per heavy atom. The topological polar surface area (TPSA) is 99.0 Å². The summed E-state index contributed by atoms with van der Waals surface area (Å²) in [6, 6.07) is 4.62. The fourth-order valence-electron chi connectivity index (χ4n) is 2.20. The number of rotatable bonds is 5. The summed E-state index contributed by atoms with van der Waals surface area (Å²) in [7, 11) is 0. The van der Waals surface area contributed by atoms with Crippen molar-refractivity contribution in [2.75, 3.05) is 0 Å². The van der Waals surface area contributed by atoms with Crippen molar-refractivity contribution in [3.05, 3.63) is 78.2 Å². The fourth-order valence-corrected chi connectivity index (χ4v) is 2.20. The molecule has 5 N–H and O–H groups in total. The van der Waals surface area contributed by atoms with Crippen LogP contribution in [-0.4, -0.2) is 15.8 Å². The summed E-state index contributed by atoms with van der Waals surface area (Å²) in [5.74, 6) is -0.555. The van der Waals surface area contributed by atoms with E-state index < -0.39 is 23.7 Å². The normalized spacial score (nSPS) is 12.4. The maximum Gasteiger partial charge on any atom is 0.435 e. The summed E-state index contributed by atoms with van der Waals surface area (Å²) in [5.41, 5.74) is 9.57. The number of benzene rings is 1. The second-order valence-electron chi connectivity index (χ2n) is 5.27. The molecule has 2 aromatic rings. The molecule has 10 heteroatoms. The molecule has 0 atom stereocenters. The van der Waals surface area contributed by atoms with Crippen LogP contribution < -0.4 is 16.8 Å². The SMILES string of the molecule is C=C(/C=C(\C=C/N)c1cc(C(F)(F)F)nn1-c1ccc(F)cc1)NC(N)=O. The summed E-state index contributed by atoms with van der Waals surface area (Å²) in [5, 5.41) is 5.76. The van der Waals surface area contributed by atoms with Gasteiger partial charge in [-0.1, -0.05) is 6.58 Å². The number of amides is 2. The maximum atomic E-state index is 13.2. The van der Waals surface area contributed by atoms with Crippen LogP contribution in [0.15, 0.2) is 61.0 Å². The third kappa shape index (κ3) is 4.97. The molecule has 2 amide bonds. The molecule has 0 aliphatic heterocycles. The van der Waals surface area contributed by atoms with Gasteiger partial charge in [0.2, 0.25) is 0 Å². The summed E-state index contributed by atoms with van der Waals surface area (Å²) in [6.07, 6.45) is -1.05. The van der Waals surface area contributed by atoms with Gasteiger partial charge < -0.3 is 16.8 Å². The van der Waals surface area contributed by atoms with Crippen LogP contribution >= 0.6 is 0 Å². The van der Waals surface area contributed by atoms with Crippen molar-refractivity contribution in [2.45, 2.75) is 6.18 Å². The summed E-state index contributed by atoms with van der Waals surface area (Å²) in [4.78, 5) is 10.9. The Morgan fingerprint density at radius 2 is 1.89 bits per heavy atom. The van der Waals surface area contributed by atoms with Gasteiger partial charge in [0, 0.05) is 11.3 Å². The van der Waals surface area contributed by atoms with Gasteiger partial charge >= 0.3 is 12.2 Å². The van der Waals surface area contributed by atoms with Crippen molar-refractivity contribution in [1.82, 2.24) is 15.1 Å². The van der Waals surface area contributed by atoms with Crippen LogP contribution in [0.1, 0.15) is 11.4 Å². The van der Waals surface area contributed by atoms with Gasteiger partial charge in [0.15, 0.2) is 5.69 Å². The minimum atomic E-state index is -4.71. The van der Waals surface area contributed by atoms with Crippen LogP contribution in [0.4, 0.5) is 22.4 Å². The number of primary amides is 1. The van der Waals surface area contributed by atoms with E-state index in [0.717, 1.165) is 29.1 Å². The Labute approximate surface area is 151 Å². The van der Waals surface area contributed by atoms with Crippen molar-refractivity contribution in [3.8, 4) is 5.69 Å². The number of alkyl halides is 3. The molecule has 1 heterocycles. The van der Waals surface area contributed by atoms with Gasteiger partial charge in [0.1, 0.15) is 5.82 Å². The molecule has 0 radical (unpaired) electrons. The molecule has 0 spiro atoms. The smallest absolute Gasteiger partial charge is 0.405 e. The van der Waals surface area contributed by atoms with Crippen LogP contribution in [-0.2, 0) is 6.18 Å². The van der Waals surface area contributed by atoms with Gasteiger partial charge in [-0.3, -0.25) is 0 Å². The average Bonchev–Trinajstić information content (AvgIpc) is 3.00. The van der Waals surface area contributed by atoms with Gasteiger partial charge in [-0.05, 0) is 48.7 Å². The zero-order chi connectivity index (χ0) is 20.2. The first kappa shape index (κ1) is 19.8. The number of urea groups is 1. The molecular weight excluding hydrogens is 366 g/mol. The van der Waals surface area contributed by atoms with Crippen molar-refractivity contribution in [1.29, 1.82) is 0 Å². The van der Waals surface area contributed by atoms with E-state index in [4.69, 9.17) is 11.5 Å². The van der Waals surface area contributed by atoms with E-state index in [1.54, 1.807) is 0 Å². The number of nitrogens with two attached hydrogens (primary N) is 2. The number of carbonyl (C=O) groups is 1. The van der Waals surface area contributed by atoms with Crippen molar-refractivity contribution in [2.24, 2.45) is 11.5 Å². The molecule has 2 rings (SSSR count).